The predicted molar refractivity (Wildman–Crippen MR) is 71.9 cm³/mol. The molecule has 0 aliphatic rings. The van der Waals surface area contributed by atoms with Gasteiger partial charge in [-0.15, -0.1) is 0 Å². The SMILES string of the molecule is O=C(COC(=O)c1ccccn1)Nc1ncc([N+](=O)[O-])s1. The lowest BCUT2D eigenvalue weighted by molar-refractivity contribution is -0.380. The summed E-state index contributed by atoms with van der Waals surface area (Å²) in [7, 11) is 0. The lowest BCUT2D eigenvalue weighted by Gasteiger charge is -2.03. The molecule has 0 unspecified atom stereocenters. The van der Waals surface area contributed by atoms with Gasteiger partial charge in [-0.05, 0) is 23.5 Å². The topological polar surface area (TPSA) is 124 Å². The molecule has 0 bridgehead atoms. The number of rotatable bonds is 5. The molecule has 0 radical (unpaired) electrons. The summed E-state index contributed by atoms with van der Waals surface area (Å²) in [6, 6.07) is 4.70. The first-order valence-corrected chi connectivity index (χ1v) is 6.36. The van der Waals surface area contributed by atoms with E-state index in [1.54, 1.807) is 12.1 Å². The Morgan fingerprint density at radius 3 is 2.81 bits per heavy atom. The fourth-order valence-electron chi connectivity index (χ4n) is 1.25. The normalized spacial score (nSPS) is 9.90. The molecule has 0 spiro atoms. The molecule has 2 heterocycles. The number of aromatic nitrogens is 2. The first kappa shape index (κ1) is 14.5. The van der Waals surface area contributed by atoms with Gasteiger partial charge >= 0.3 is 11.0 Å². The highest BCUT2D eigenvalue weighted by Gasteiger charge is 2.15. The number of nitrogens with one attached hydrogen (secondary N) is 1. The van der Waals surface area contributed by atoms with E-state index in [1.165, 1.54) is 12.3 Å². The maximum absolute atomic E-state index is 11.5. The summed E-state index contributed by atoms with van der Waals surface area (Å²) in [6.07, 6.45) is 2.45. The summed E-state index contributed by atoms with van der Waals surface area (Å²) in [5.74, 6) is -1.39. The molecule has 0 aliphatic heterocycles. The van der Waals surface area contributed by atoms with E-state index in [1.807, 2.05) is 0 Å². The van der Waals surface area contributed by atoms with Crippen molar-refractivity contribution in [2.24, 2.45) is 0 Å². The smallest absolute Gasteiger partial charge is 0.357 e. The summed E-state index contributed by atoms with van der Waals surface area (Å²) in [5.41, 5.74) is 0.0789. The zero-order valence-electron chi connectivity index (χ0n) is 10.4. The van der Waals surface area contributed by atoms with Crippen molar-refractivity contribution in [2.45, 2.75) is 0 Å². The third-order valence-corrected chi connectivity index (χ3v) is 2.99. The maximum atomic E-state index is 11.5. The Labute approximate surface area is 121 Å². The zero-order valence-corrected chi connectivity index (χ0v) is 11.2. The summed E-state index contributed by atoms with van der Waals surface area (Å²) < 4.78 is 4.75. The van der Waals surface area contributed by atoms with Crippen LogP contribution in [-0.2, 0) is 9.53 Å². The number of nitro groups is 1. The monoisotopic (exact) mass is 308 g/mol. The molecule has 0 saturated heterocycles. The molecule has 0 fully saturated rings. The Hall–Kier alpha value is -2.88. The summed E-state index contributed by atoms with van der Waals surface area (Å²) in [4.78, 5) is 40.3. The molecule has 0 aliphatic carbocycles. The number of amides is 1. The average Bonchev–Trinajstić information content (AvgIpc) is 2.94. The lowest BCUT2D eigenvalue weighted by atomic mass is 10.3. The molecule has 0 saturated carbocycles. The third-order valence-electron chi connectivity index (χ3n) is 2.13. The molecular formula is C11H8N4O5S. The van der Waals surface area contributed by atoms with Gasteiger partial charge in [0.15, 0.2) is 11.7 Å². The van der Waals surface area contributed by atoms with E-state index >= 15 is 0 Å². The van der Waals surface area contributed by atoms with Crippen LogP contribution in [0.2, 0.25) is 0 Å². The molecule has 2 aromatic heterocycles. The van der Waals surface area contributed by atoms with Crippen molar-refractivity contribution >= 4 is 33.3 Å². The Bertz CT molecular complexity index is 672. The number of pyridine rings is 1. The number of carbonyl (C=O) groups is 2. The van der Waals surface area contributed by atoms with E-state index < -0.39 is 23.4 Å². The highest BCUT2D eigenvalue weighted by Crippen LogP contribution is 2.24. The number of thiazole rings is 1. The molecule has 1 N–H and O–H groups in total. The highest BCUT2D eigenvalue weighted by atomic mass is 32.1. The van der Waals surface area contributed by atoms with Crippen LogP contribution in [0.4, 0.5) is 10.1 Å². The van der Waals surface area contributed by atoms with Crippen LogP contribution in [0.1, 0.15) is 10.5 Å². The van der Waals surface area contributed by atoms with Gasteiger partial charge in [0.05, 0.1) is 4.92 Å². The first-order chi connectivity index (χ1) is 10.1. The van der Waals surface area contributed by atoms with Crippen molar-refractivity contribution in [2.75, 3.05) is 11.9 Å². The number of carbonyl (C=O) groups excluding carboxylic acids is 2. The summed E-state index contributed by atoms with van der Waals surface area (Å²) >= 11 is 0.705. The van der Waals surface area contributed by atoms with Crippen LogP contribution < -0.4 is 5.32 Å². The van der Waals surface area contributed by atoms with Crippen molar-refractivity contribution in [3.8, 4) is 0 Å². The van der Waals surface area contributed by atoms with Crippen molar-refractivity contribution in [3.63, 3.8) is 0 Å². The van der Waals surface area contributed by atoms with Crippen LogP contribution in [0.3, 0.4) is 0 Å². The standard InChI is InChI=1S/C11H8N4O5S/c16-8(14-11-13-5-9(21-11)15(18)19)6-20-10(17)7-3-1-2-4-12-7/h1-5H,6H2,(H,13,14,16). The molecule has 0 atom stereocenters. The first-order valence-electron chi connectivity index (χ1n) is 5.54. The average molecular weight is 308 g/mol. The fraction of sp³-hybridized carbons (Fsp3) is 0.0909. The minimum absolute atomic E-state index is 0.0561. The van der Waals surface area contributed by atoms with E-state index in [4.69, 9.17) is 4.74 Å². The zero-order chi connectivity index (χ0) is 15.2. The number of esters is 1. The van der Waals surface area contributed by atoms with Crippen LogP contribution in [-0.4, -0.2) is 33.4 Å². The fourth-order valence-corrected chi connectivity index (χ4v) is 1.90. The molecule has 1 amide bonds. The summed E-state index contributed by atoms with van der Waals surface area (Å²) in [5, 5.41) is 12.6. The van der Waals surface area contributed by atoms with E-state index in [0.29, 0.717) is 11.3 Å². The van der Waals surface area contributed by atoms with Crippen molar-refractivity contribution in [1.82, 2.24) is 9.97 Å². The Kier molecular flexibility index (Phi) is 4.51. The van der Waals surface area contributed by atoms with Gasteiger partial charge in [0.2, 0.25) is 0 Å². The maximum Gasteiger partial charge on any atom is 0.357 e. The number of hydrogen-bond donors (Lipinski definition) is 1. The third kappa shape index (κ3) is 4.04. The second-order valence-electron chi connectivity index (χ2n) is 3.60. The molecule has 0 aromatic carbocycles. The van der Waals surface area contributed by atoms with Crippen molar-refractivity contribution < 1.29 is 19.2 Å². The quantitative estimate of drug-likeness (QED) is 0.500. The number of anilines is 1. The number of nitrogens with zero attached hydrogens (tertiary/aromatic N) is 3. The number of hydrogen-bond acceptors (Lipinski definition) is 8. The van der Waals surface area contributed by atoms with Crippen molar-refractivity contribution in [1.29, 1.82) is 0 Å². The minimum Gasteiger partial charge on any atom is -0.451 e. The van der Waals surface area contributed by atoms with Crippen LogP contribution in [0.5, 0.6) is 0 Å². The second kappa shape index (κ2) is 6.52. The van der Waals surface area contributed by atoms with Gasteiger partial charge in [-0.2, -0.15) is 0 Å². The van der Waals surface area contributed by atoms with Crippen molar-refractivity contribution in [3.05, 3.63) is 46.4 Å². The van der Waals surface area contributed by atoms with Crippen LogP contribution >= 0.6 is 11.3 Å². The van der Waals surface area contributed by atoms with Gasteiger partial charge in [-0.25, -0.2) is 14.8 Å². The largest absolute Gasteiger partial charge is 0.451 e. The van der Waals surface area contributed by atoms with E-state index in [9.17, 15) is 19.7 Å². The predicted octanol–water partition coefficient (Wildman–Crippen LogP) is 1.24. The van der Waals surface area contributed by atoms with Gasteiger partial charge in [0.25, 0.3) is 5.91 Å². The molecular weight excluding hydrogens is 300 g/mol. The molecule has 2 rings (SSSR count). The van der Waals surface area contributed by atoms with E-state index in [0.717, 1.165) is 6.20 Å². The number of ether oxygens (including phenoxy) is 1. The summed E-state index contributed by atoms with van der Waals surface area (Å²) in [6.45, 7) is -0.539. The van der Waals surface area contributed by atoms with Crippen LogP contribution in [0.25, 0.3) is 0 Å². The van der Waals surface area contributed by atoms with Gasteiger partial charge < -0.3 is 4.74 Å². The Morgan fingerprint density at radius 2 is 2.19 bits per heavy atom. The Morgan fingerprint density at radius 1 is 1.38 bits per heavy atom. The van der Waals surface area contributed by atoms with Gasteiger partial charge in [-0.3, -0.25) is 20.2 Å². The highest BCUT2D eigenvalue weighted by molar-refractivity contribution is 7.18. The second-order valence-corrected chi connectivity index (χ2v) is 4.61. The minimum atomic E-state index is -0.740. The van der Waals surface area contributed by atoms with E-state index in [-0.39, 0.29) is 15.8 Å². The molecule has 9 nitrogen and oxygen atoms in total. The van der Waals surface area contributed by atoms with Gasteiger partial charge in [-0.1, -0.05) is 6.07 Å². The lowest BCUT2D eigenvalue weighted by Crippen LogP contribution is -2.21. The van der Waals surface area contributed by atoms with Crippen LogP contribution in [0.15, 0.2) is 30.6 Å². The molecule has 10 heteroatoms. The van der Waals surface area contributed by atoms with Gasteiger partial charge in [0, 0.05) is 6.20 Å². The molecule has 2 aromatic rings. The molecule has 21 heavy (non-hydrogen) atoms. The van der Waals surface area contributed by atoms with E-state index in [2.05, 4.69) is 15.3 Å². The molecule has 108 valence electrons. The van der Waals surface area contributed by atoms with Crippen LogP contribution in [0, 0.1) is 10.1 Å². The van der Waals surface area contributed by atoms with Gasteiger partial charge in [0.1, 0.15) is 11.9 Å². The Balaban J connectivity index is 1.84.